The summed E-state index contributed by atoms with van der Waals surface area (Å²) in [4.78, 5) is 13.3. The van der Waals surface area contributed by atoms with Crippen molar-refractivity contribution in [2.75, 3.05) is 11.9 Å². The van der Waals surface area contributed by atoms with E-state index in [-0.39, 0.29) is 18.6 Å². The van der Waals surface area contributed by atoms with Crippen LogP contribution in [-0.2, 0) is 23.0 Å². The van der Waals surface area contributed by atoms with Gasteiger partial charge in [-0.15, -0.1) is 0 Å². The van der Waals surface area contributed by atoms with Crippen LogP contribution in [0.4, 0.5) is 10.5 Å². The van der Waals surface area contributed by atoms with Gasteiger partial charge in [-0.3, -0.25) is 0 Å². The number of hydrogen-bond donors (Lipinski definition) is 2. The lowest BCUT2D eigenvalue weighted by Crippen LogP contribution is -2.36. The molecule has 188 valence electrons. The van der Waals surface area contributed by atoms with Gasteiger partial charge in [0.05, 0.1) is 10.9 Å². The molecule has 4 aromatic carbocycles. The molecule has 1 aliphatic heterocycles. The van der Waals surface area contributed by atoms with E-state index in [0.29, 0.717) is 23.5 Å². The lowest BCUT2D eigenvalue weighted by Gasteiger charge is -2.28. The van der Waals surface area contributed by atoms with Gasteiger partial charge in [-0.1, -0.05) is 84.4 Å². The molecule has 7 heteroatoms. The lowest BCUT2D eigenvalue weighted by molar-refractivity contribution is 0.250. The van der Waals surface area contributed by atoms with E-state index in [1.165, 1.54) is 4.31 Å². The Labute approximate surface area is 218 Å². The van der Waals surface area contributed by atoms with Gasteiger partial charge in [-0.05, 0) is 59.9 Å². The zero-order valence-corrected chi connectivity index (χ0v) is 21.4. The molecule has 0 unspecified atom stereocenters. The minimum atomic E-state index is -3.60. The highest BCUT2D eigenvalue weighted by molar-refractivity contribution is 7.89. The largest absolute Gasteiger partial charge is 0.327 e. The van der Waals surface area contributed by atoms with Crippen molar-refractivity contribution in [3.05, 3.63) is 131 Å². The smallest absolute Gasteiger partial charge is 0.319 e. The van der Waals surface area contributed by atoms with Crippen LogP contribution in [0, 0.1) is 6.92 Å². The molecular formula is C30H29N3O3S. The van der Waals surface area contributed by atoms with Crippen molar-refractivity contribution in [3.8, 4) is 0 Å². The second kappa shape index (κ2) is 10.6. The van der Waals surface area contributed by atoms with Gasteiger partial charge in [0, 0.05) is 18.8 Å². The van der Waals surface area contributed by atoms with Crippen LogP contribution < -0.4 is 10.6 Å². The Hall–Kier alpha value is -3.94. The van der Waals surface area contributed by atoms with E-state index in [1.807, 2.05) is 97.9 Å². The molecule has 0 atom stereocenters. The molecule has 0 saturated heterocycles. The number of carbonyl (C=O) groups is 1. The van der Waals surface area contributed by atoms with Crippen molar-refractivity contribution in [2.24, 2.45) is 0 Å². The molecule has 2 N–H and O–H groups in total. The monoisotopic (exact) mass is 511 g/mol. The fourth-order valence-corrected chi connectivity index (χ4v) is 6.04. The topological polar surface area (TPSA) is 78.5 Å². The van der Waals surface area contributed by atoms with E-state index in [0.717, 1.165) is 27.8 Å². The van der Waals surface area contributed by atoms with E-state index >= 15 is 0 Å². The zero-order valence-electron chi connectivity index (χ0n) is 20.6. The molecule has 6 nitrogen and oxygen atoms in total. The number of hydrogen-bond acceptors (Lipinski definition) is 3. The molecule has 2 amide bonds. The molecule has 4 aromatic rings. The highest BCUT2D eigenvalue weighted by Crippen LogP contribution is 2.28. The summed E-state index contributed by atoms with van der Waals surface area (Å²) in [7, 11) is -3.60. The highest BCUT2D eigenvalue weighted by Gasteiger charge is 2.28. The molecule has 0 fully saturated rings. The number of rotatable bonds is 6. The number of urea groups is 1. The Morgan fingerprint density at radius 2 is 1.43 bits per heavy atom. The van der Waals surface area contributed by atoms with Crippen LogP contribution in [0.5, 0.6) is 0 Å². The van der Waals surface area contributed by atoms with E-state index < -0.39 is 10.0 Å². The third-order valence-electron chi connectivity index (χ3n) is 6.64. The number of nitrogens with zero attached hydrogens (tertiary/aromatic N) is 1. The highest BCUT2D eigenvalue weighted by atomic mass is 32.2. The number of fused-ring (bicyclic) bond motifs is 1. The standard InChI is InChI=1S/C30H29N3O3S/c1-22-12-16-28(17-13-22)37(35,36)33-19-18-23-14-15-27(20-26(23)21-33)31-30(34)32-29(24-8-4-2-5-9-24)25-10-6-3-7-11-25/h2-17,20,29H,18-19,21H2,1H3,(H2,31,32,34). The van der Waals surface area contributed by atoms with Crippen LogP contribution in [0.25, 0.3) is 0 Å². The molecular weight excluding hydrogens is 482 g/mol. The van der Waals surface area contributed by atoms with Gasteiger partial charge in [-0.2, -0.15) is 4.31 Å². The van der Waals surface area contributed by atoms with Crippen LogP contribution in [0.3, 0.4) is 0 Å². The van der Waals surface area contributed by atoms with E-state index in [9.17, 15) is 13.2 Å². The van der Waals surface area contributed by atoms with Crippen molar-refractivity contribution in [1.29, 1.82) is 0 Å². The van der Waals surface area contributed by atoms with Gasteiger partial charge in [-0.25, -0.2) is 13.2 Å². The van der Waals surface area contributed by atoms with Crippen LogP contribution in [0.2, 0.25) is 0 Å². The predicted molar refractivity (Wildman–Crippen MR) is 146 cm³/mol. The number of nitrogens with one attached hydrogen (secondary N) is 2. The van der Waals surface area contributed by atoms with Crippen molar-refractivity contribution in [2.45, 2.75) is 30.8 Å². The molecule has 1 aliphatic rings. The Morgan fingerprint density at radius 1 is 0.811 bits per heavy atom. The fourth-order valence-electron chi connectivity index (χ4n) is 4.62. The molecule has 0 radical (unpaired) electrons. The molecule has 0 aliphatic carbocycles. The number of sulfonamides is 1. The first-order valence-electron chi connectivity index (χ1n) is 12.3. The Morgan fingerprint density at radius 3 is 2.05 bits per heavy atom. The van der Waals surface area contributed by atoms with Crippen LogP contribution in [-0.4, -0.2) is 25.3 Å². The fraction of sp³-hybridized carbons (Fsp3) is 0.167. The summed E-state index contributed by atoms with van der Waals surface area (Å²) in [5, 5.41) is 6.02. The van der Waals surface area contributed by atoms with Crippen LogP contribution >= 0.6 is 0 Å². The quantitative estimate of drug-likeness (QED) is 0.351. The van der Waals surface area contributed by atoms with Gasteiger partial charge >= 0.3 is 6.03 Å². The zero-order chi connectivity index (χ0) is 25.8. The van der Waals surface area contributed by atoms with Gasteiger partial charge in [0.1, 0.15) is 0 Å². The summed E-state index contributed by atoms with van der Waals surface area (Å²) < 4.78 is 27.9. The van der Waals surface area contributed by atoms with Gasteiger partial charge < -0.3 is 10.6 Å². The predicted octanol–water partition coefficient (Wildman–Crippen LogP) is 5.65. The third-order valence-corrected chi connectivity index (χ3v) is 8.50. The Kier molecular flexibility index (Phi) is 7.08. The van der Waals surface area contributed by atoms with Crippen molar-refractivity contribution in [3.63, 3.8) is 0 Å². The van der Waals surface area contributed by atoms with Crippen LogP contribution in [0.15, 0.2) is 108 Å². The lowest BCUT2D eigenvalue weighted by atomic mass is 9.99. The minimum Gasteiger partial charge on any atom is -0.327 e. The summed E-state index contributed by atoms with van der Waals surface area (Å²) >= 11 is 0. The van der Waals surface area contributed by atoms with E-state index in [2.05, 4.69) is 10.6 Å². The van der Waals surface area contributed by atoms with Crippen molar-refractivity contribution in [1.82, 2.24) is 9.62 Å². The maximum absolute atomic E-state index is 13.2. The SMILES string of the molecule is Cc1ccc(S(=O)(=O)N2CCc3ccc(NC(=O)NC(c4ccccc4)c4ccccc4)cc3C2)cc1. The first kappa shape index (κ1) is 24.7. The molecule has 0 bridgehead atoms. The minimum absolute atomic E-state index is 0.263. The average Bonchev–Trinajstić information content (AvgIpc) is 2.92. The van der Waals surface area contributed by atoms with Crippen molar-refractivity contribution < 1.29 is 13.2 Å². The third kappa shape index (κ3) is 5.58. The van der Waals surface area contributed by atoms with E-state index in [4.69, 9.17) is 0 Å². The molecule has 1 heterocycles. The number of carbonyl (C=O) groups excluding carboxylic acids is 1. The van der Waals surface area contributed by atoms with E-state index in [1.54, 1.807) is 12.1 Å². The first-order valence-corrected chi connectivity index (χ1v) is 13.7. The summed E-state index contributed by atoms with van der Waals surface area (Å²) in [6, 6.07) is 31.6. The number of amides is 2. The number of aryl methyl sites for hydroxylation is 1. The molecule has 0 saturated carbocycles. The van der Waals surface area contributed by atoms with Crippen molar-refractivity contribution >= 4 is 21.7 Å². The van der Waals surface area contributed by atoms with Gasteiger partial charge in [0.15, 0.2) is 0 Å². The number of benzene rings is 4. The maximum atomic E-state index is 13.2. The maximum Gasteiger partial charge on any atom is 0.319 e. The Bertz CT molecular complexity index is 1450. The second-order valence-electron chi connectivity index (χ2n) is 9.24. The molecule has 5 rings (SSSR count). The summed E-state index contributed by atoms with van der Waals surface area (Å²) in [6.45, 7) is 2.62. The summed E-state index contributed by atoms with van der Waals surface area (Å²) in [6.07, 6.45) is 0.622. The normalized spacial score (nSPS) is 13.7. The summed E-state index contributed by atoms with van der Waals surface area (Å²) in [5.74, 6) is 0. The summed E-state index contributed by atoms with van der Waals surface area (Å²) in [5.41, 5.74) is 5.57. The van der Waals surface area contributed by atoms with Gasteiger partial charge in [0.2, 0.25) is 10.0 Å². The molecule has 37 heavy (non-hydrogen) atoms. The first-order chi connectivity index (χ1) is 17.9. The number of anilines is 1. The van der Waals surface area contributed by atoms with Gasteiger partial charge in [0.25, 0.3) is 0 Å². The Balaban J connectivity index is 1.32. The molecule has 0 aromatic heterocycles. The molecule has 0 spiro atoms. The van der Waals surface area contributed by atoms with Crippen LogP contribution in [0.1, 0.15) is 33.9 Å². The average molecular weight is 512 g/mol. The second-order valence-corrected chi connectivity index (χ2v) is 11.2.